The number of ether oxygens (including phenoxy) is 1. The highest BCUT2D eigenvalue weighted by Crippen LogP contribution is 2.19. The number of hydrogen-bond donors (Lipinski definition) is 2. The molecule has 0 aromatic heterocycles. The Morgan fingerprint density at radius 1 is 1.47 bits per heavy atom. The molecule has 0 aliphatic heterocycles. The Bertz CT molecular complexity index is 399. The Morgan fingerprint density at radius 2 is 2.26 bits per heavy atom. The van der Waals surface area contributed by atoms with Gasteiger partial charge in [0.2, 0.25) is 5.91 Å². The van der Waals surface area contributed by atoms with Crippen molar-refractivity contribution in [3.8, 4) is 0 Å². The first-order chi connectivity index (χ1) is 9.17. The Morgan fingerprint density at radius 3 is 2.95 bits per heavy atom. The lowest BCUT2D eigenvalue weighted by Crippen LogP contribution is -2.38. The van der Waals surface area contributed by atoms with Gasteiger partial charge in [-0.3, -0.25) is 4.79 Å². The molecule has 19 heavy (non-hydrogen) atoms. The number of thioether (sulfide) groups is 1. The molecular weight excluding hydrogens is 260 g/mol. The van der Waals surface area contributed by atoms with E-state index in [1.807, 2.05) is 37.4 Å². The van der Waals surface area contributed by atoms with Crippen LogP contribution in [0.5, 0.6) is 0 Å². The van der Waals surface area contributed by atoms with Crippen LogP contribution in [-0.2, 0) is 9.53 Å². The monoisotopic (exact) mass is 282 g/mol. The predicted molar refractivity (Wildman–Crippen MR) is 80.8 cm³/mol. The lowest BCUT2D eigenvalue weighted by atomic mass is 10.2. The molecule has 106 valence electrons. The number of rotatable bonds is 8. The maximum atomic E-state index is 11.8. The van der Waals surface area contributed by atoms with Crippen LogP contribution in [0.3, 0.4) is 0 Å². The first kappa shape index (κ1) is 15.9. The minimum atomic E-state index is -0.250. The van der Waals surface area contributed by atoms with Gasteiger partial charge in [-0.2, -0.15) is 0 Å². The molecule has 0 aliphatic carbocycles. The van der Waals surface area contributed by atoms with Crippen molar-refractivity contribution in [2.24, 2.45) is 0 Å². The van der Waals surface area contributed by atoms with E-state index in [2.05, 4.69) is 10.6 Å². The maximum absolute atomic E-state index is 11.8. The van der Waals surface area contributed by atoms with E-state index in [4.69, 9.17) is 4.74 Å². The van der Waals surface area contributed by atoms with Gasteiger partial charge in [0, 0.05) is 30.8 Å². The van der Waals surface area contributed by atoms with Crippen LogP contribution >= 0.6 is 11.8 Å². The molecule has 1 amide bonds. The third-order valence-electron chi connectivity index (χ3n) is 2.67. The van der Waals surface area contributed by atoms with Crippen molar-refractivity contribution in [2.45, 2.75) is 24.3 Å². The van der Waals surface area contributed by atoms with Crippen molar-refractivity contribution in [3.05, 3.63) is 24.3 Å². The molecule has 0 saturated heterocycles. The molecule has 0 fully saturated rings. The summed E-state index contributed by atoms with van der Waals surface area (Å²) in [7, 11) is 1.66. The Hall–Kier alpha value is -1.20. The standard InChI is InChI=1S/C14H22N2O2S/c1-11(14(17)15-8-5-9-18-2)16-12-6-4-7-13(10-12)19-3/h4,6-7,10-11,16H,5,8-9H2,1-3H3,(H,15,17). The molecule has 0 spiro atoms. The number of hydrogen-bond acceptors (Lipinski definition) is 4. The molecule has 0 radical (unpaired) electrons. The number of anilines is 1. The van der Waals surface area contributed by atoms with Crippen LogP contribution in [0.1, 0.15) is 13.3 Å². The van der Waals surface area contributed by atoms with E-state index in [1.165, 1.54) is 4.90 Å². The number of benzene rings is 1. The minimum Gasteiger partial charge on any atom is -0.385 e. The second-order valence-corrected chi connectivity index (χ2v) is 5.12. The van der Waals surface area contributed by atoms with Gasteiger partial charge in [-0.1, -0.05) is 6.07 Å². The highest BCUT2D eigenvalue weighted by Gasteiger charge is 2.11. The fourth-order valence-corrected chi connectivity index (χ4v) is 2.07. The number of carbonyl (C=O) groups excluding carboxylic acids is 1. The summed E-state index contributed by atoms with van der Waals surface area (Å²) in [5.41, 5.74) is 0.964. The van der Waals surface area contributed by atoms with Crippen molar-refractivity contribution < 1.29 is 9.53 Å². The van der Waals surface area contributed by atoms with Crippen molar-refractivity contribution >= 4 is 23.4 Å². The Balaban J connectivity index is 2.40. The largest absolute Gasteiger partial charge is 0.385 e. The third-order valence-corrected chi connectivity index (χ3v) is 3.40. The summed E-state index contributed by atoms with van der Waals surface area (Å²) in [4.78, 5) is 13.0. The zero-order chi connectivity index (χ0) is 14.1. The van der Waals surface area contributed by atoms with Crippen molar-refractivity contribution in [3.63, 3.8) is 0 Å². The molecule has 0 heterocycles. The molecule has 0 aliphatic rings. The molecule has 1 aromatic carbocycles. The predicted octanol–water partition coefficient (Wildman–Crippen LogP) is 2.36. The number of amides is 1. The molecule has 1 aromatic rings. The van der Waals surface area contributed by atoms with E-state index in [-0.39, 0.29) is 11.9 Å². The van der Waals surface area contributed by atoms with E-state index < -0.39 is 0 Å². The third kappa shape index (κ3) is 5.98. The van der Waals surface area contributed by atoms with Gasteiger partial charge < -0.3 is 15.4 Å². The van der Waals surface area contributed by atoms with Crippen LogP contribution in [0, 0.1) is 0 Å². The van der Waals surface area contributed by atoms with E-state index in [0.29, 0.717) is 13.2 Å². The molecule has 5 heteroatoms. The smallest absolute Gasteiger partial charge is 0.242 e. The molecule has 0 bridgehead atoms. The second kappa shape index (κ2) is 8.82. The van der Waals surface area contributed by atoms with E-state index in [0.717, 1.165) is 12.1 Å². The molecule has 1 unspecified atom stereocenters. The van der Waals surface area contributed by atoms with Crippen molar-refractivity contribution in [2.75, 3.05) is 31.8 Å². The molecule has 4 nitrogen and oxygen atoms in total. The fourth-order valence-electron chi connectivity index (χ4n) is 1.61. The summed E-state index contributed by atoms with van der Waals surface area (Å²) >= 11 is 1.68. The Kier molecular flexibility index (Phi) is 7.36. The average Bonchev–Trinajstić information content (AvgIpc) is 2.43. The summed E-state index contributed by atoms with van der Waals surface area (Å²) in [6, 6.07) is 7.79. The normalized spacial score (nSPS) is 11.9. The van der Waals surface area contributed by atoms with Crippen LogP contribution < -0.4 is 10.6 Å². The van der Waals surface area contributed by atoms with E-state index in [9.17, 15) is 4.79 Å². The van der Waals surface area contributed by atoms with Crippen LogP contribution in [0.2, 0.25) is 0 Å². The van der Waals surface area contributed by atoms with Crippen LogP contribution in [-0.4, -0.2) is 38.5 Å². The SMILES string of the molecule is COCCCNC(=O)C(C)Nc1cccc(SC)c1. The van der Waals surface area contributed by atoms with Gasteiger partial charge in [0.25, 0.3) is 0 Å². The van der Waals surface area contributed by atoms with Crippen LogP contribution in [0.25, 0.3) is 0 Å². The molecule has 2 N–H and O–H groups in total. The van der Waals surface area contributed by atoms with E-state index in [1.54, 1.807) is 18.9 Å². The number of nitrogens with one attached hydrogen (secondary N) is 2. The van der Waals surface area contributed by atoms with Gasteiger partial charge in [-0.25, -0.2) is 0 Å². The number of carbonyl (C=O) groups is 1. The molecular formula is C14H22N2O2S. The molecule has 0 saturated carbocycles. The van der Waals surface area contributed by atoms with Crippen LogP contribution in [0.4, 0.5) is 5.69 Å². The zero-order valence-electron chi connectivity index (χ0n) is 11.7. The molecule has 1 rings (SSSR count). The number of methoxy groups -OCH3 is 1. The quantitative estimate of drug-likeness (QED) is 0.568. The zero-order valence-corrected chi connectivity index (χ0v) is 12.5. The Labute approximate surface area is 119 Å². The van der Waals surface area contributed by atoms with Crippen LogP contribution in [0.15, 0.2) is 29.2 Å². The average molecular weight is 282 g/mol. The van der Waals surface area contributed by atoms with Gasteiger partial charge in [0.1, 0.15) is 6.04 Å². The maximum Gasteiger partial charge on any atom is 0.242 e. The van der Waals surface area contributed by atoms with Gasteiger partial charge in [0.05, 0.1) is 0 Å². The van der Waals surface area contributed by atoms with E-state index >= 15 is 0 Å². The first-order valence-electron chi connectivity index (χ1n) is 6.34. The fraction of sp³-hybridized carbons (Fsp3) is 0.500. The van der Waals surface area contributed by atoms with Crippen molar-refractivity contribution in [1.82, 2.24) is 5.32 Å². The first-order valence-corrected chi connectivity index (χ1v) is 7.57. The van der Waals surface area contributed by atoms with Gasteiger partial charge in [-0.15, -0.1) is 11.8 Å². The second-order valence-electron chi connectivity index (χ2n) is 4.24. The highest BCUT2D eigenvalue weighted by molar-refractivity contribution is 7.98. The minimum absolute atomic E-state index is 0.00524. The summed E-state index contributed by atoms with van der Waals surface area (Å²) in [6.45, 7) is 3.17. The lowest BCUT2D eigenvalue weighted by Gasteiger charge is -2.15. The lowest BCUT2D eigenvalue weighted by molar-refractivity contribution is -0.121. The summed E-state index contributed by atoms with van der Waals surface area (Å²) in [5.74, 6) is 0.00524. The van der Waals surface area contributed by atoms with Gasteiger partial charge in [-0.05, 0) is 37.8 Å². The topological polar surface area (TPSA) is 50.4 Å². The molecule has 1 atom stereocenters. The van der Waals surface area contributed by atoms with Gasteiger partial charge in [0.15, 0.2) is 0 Å². The van der Waals surface area contributed by atoms with Crippen molar-refractivity contribution in [1.29, 1.82) is 0 Å². The summed E-state index contributed by atoms with van der Waals surface area (Å²) in [5, 5.41) is 6.08. The summed E-state index contributed by atoms with van der Waals surface area (Å²) < 4.78 is 4.94. The van der Waals surface area contributed by atoms with Gasteiger partial charge >= 0.3 is 0 Å². The highest BCUT2D eigenvalue weighted by atomic mass is 32.2. The summed E-state index contributed by atoms with van der Waals surface area (Å²) in [6.07, 6.45) is 2.86.